The van der Waals surface area contributed by atoms with E-state index in [0.29, 0.717) is 6.54 Å². The van der Waals surface area contributed by atoms with Gasteiger partial charge in [0.05, 0.1) is 39.4 Å². The Morgan fingerprint density at radius 2 is 2.09 bits per heavy atom. The average molecular weight is 443 g/mol. The van der Waals surface area contributed by atoms with Gasteiger partial charge >= 0.3 is 0 Å². The summed E-state index contributed by atoms with van der Waals surface area (Å²) in [5, 5.41) is 8.84. The lowest BCUT2D eigenvalue weighted by Crippen LogP contribution is -2.10. The summed E-state index contributed by atoms with van der Waals surface area (Å²) in [7, 11) is 0. The summed E-state index contributed by atoms with van der Waals surface area (Å²) >= 11 is 1.53. The van der Waals surface area contributed by atoms with Crippen molar-refractivity contribution in [1.29, 1.82) is 0 Å². The van der Waals surface area contributed by atoms with E-state index in [2.05, 4.69) is 32.2 Å². The maximum Gasteiger partial charge on any atom is 0.151 e. The van der Waals surface area contributed by atoms with Gasteiger partial charge in [-0.15, -0.1) is 11.3 Å². The third-order valence-electron chi connectivity index (χ3n) is 4.86. The molecule has 3 heterocycles. The Hall–Kier alpha value is -3.80. The molecule has 5 rings (SSSR count). The second kappa shape index (κ2) is 8.38. The number of benzene rings is 2. The molecule has 0 amide bonds. The molecule has 158 valence electrons. The van der Waals surface area contributed by atoms with Crippen LogP contribution in [0, 0.1) is 17.7 Å². The fourth-order valence-electron chi connectivity index (χ4n) is 3.43. The van der Waals surface area contributed by atoms with Gasteiger partial charge in [0.2, 0.25) is 0 Å². The minimum Gasteiger partial charge on any atom is -0.339 e. The van der Waals surface area contributed by atoms with Crippen molar-refractivity contribution >= 4 is 44.0 Å². The molecule has 0 saturated heterocycles. The highest BCUT2D eigenvalue weighted by Crippen LogP contribution is 2.31. The molecule has 0 spiro atoms. The number of nitrogens with one attached hydrogen (secondary N) is 1. The molecule has 0 bridgehead atoms. The summed E-state index contributed by atoms with van der Waals surface area (Å²) in [5.41, 5.74) is 9.29. The predicted molar refractivity (Wildman–Crippen MR) is 126 cm³/mol. The number of fused-ring (bicyclic) bond motifs is 2. The van der Waals surface area contributed by atoms with E-state index < -0.39 is 0 Å². The topological polar surface area (TPSA) is 81.7 Å². The summed E-state index contributed by atoms with van der Waals surface area (Å²) < 4.78 is 16.3. The minimum absolute atomic E-state index is 0.183. The van der Waals surface area contributed by atoms with Crippen molar-refractivity contribution in [3.8, 4) is 11.8 Å². The molecule has 8 heteroatoms. The first kappa shape index (κ1) is 20.1. The molecule has 5 aromatic rings. The number of aromatic nitrogens is 4. The van der Waals surface area contributed by atoms with Crippen LogP contribution < -0.4 is 11.1 Å². The zero-order chi connectivity index (χ0) is 22.1. The SMILES string of the molecule is C[C@@H](N)C#Cc1cc2ncnc(Nc3ccc4c(cnn4Cc4cccc(F)c4)c3)c2s1. The van der Waals surface area contributed by atoms with Crippen molar-refractivity contribution in [1.82, 2.24) is 19.7 Å². The molecular formula is C24H19FN6S. The molecular weight excluding hydrogens is 423 g/mol. The number of halogens is 1. The summed E-state index contributed by atoms with van der Waals surface area (Å²) in [6.07, 6.45) is 3.35. The first-order chi connectivity index (χ1) is 15.5. The normalized spacial score (nSPS) is 12.0. The van der Waals surface area contributed by atoms with Gasteiger partial charge in [-0.3, -0.25) is 4.68 Å². The van der Waals surface area contributed by atoms with E-state index in [-0.39, 0.29) is 11.9 Å². The maximum absolute atomic E-state index is 13.5. The summed E-state index contributed by atoms with van der Waals surface area (Å²) in [6.45, 7) is 2.35. The van der Waals surface area contributed by atoms with E-state index in [1.165, 1.54) is 29.8 Å². The third kappa shape index (κ3) is 4.17. The van der Waals surface area contributed by atoms with Crippen LogP contribution in [0.1, 0.15) is 17.4 Å². The highest BCUT2D eigenvalue weighted by atomic mass is 32.1. The summed E-state index contributed by atoms with van der Waals surface area (Å²) in [6, 6.07) is 14.3. The molecule has 0 unspecified atom stereocenters. The third-order valence-corrected chi connectivity index (χ3v) is 5.91. The van der Waals surface area contributed by atoms with Crippen LogP contribution in [0.4, 0.5) is 15.9 Å². The van der Waals surface area contributed by atoms with Crippen molar-refractivity contribution < 1.29 is 4.39 Å². The Labute approximate surface area is 187 Å². The zero-order valence-corrected chi connectivity index (χ0v) is 18.0. The molecule has 3 aromatic heterocycles. The van der Waals surface area contributed by atoms with Crippen molar-refractivity contribution in [3.05, 3.63) is 77.3 Å². The van der Waals surface area contributed by atoms with E-state index >= 15 is 0 Å². The molecule has 32 heavy (non-hydrogen) atoms. The number of thiophene rings is 1. The number of anilines is 2. The molecule has 0 radical (unpaired) electrons. The van der Waals surface area contributed by atoms with Gasteiger partial charge < -0.3 is 11.1 Å². The first-order valence-corrected chi connectivity index (χ1v) is 10.9. The first-order valence-electron chi connectivity index (χ1n) is 10.0. The molecule has 2 aromatic carbocycles. The van der Waals surface area contributed by atoms with Crippen LogP contribution in [0.25, 0.3) is 21.1 Å². The monoisotopic (exact) mass is 442 g/mol. The number of hydrogen-bond donors (Lipinski definition) is 2. The highest BCUT2D eigenvalue weighted by Gasteiger charge is 2.10. The van der Waals surface area contributed by atoms with Gasteiger partial charge in [-0.05, 0) is 48.9 Å². The standard InChI is InChI=1S/C24H19FN6S/c1-15(26)5-7-20-11-21-23(32-20)24(28-14-27-21)30-19-6-8-22-17(10-19)12-29-31(22)13-16-3-2-4-18(25)9-16/h2-4,6,8-12,14-15H,13,26H2,1H3,(H,27,28,30)/t15-/m1/s1. The quantitative estimate of drug-likeness (QED) is 0.395. The molecule has 0 aliphatic heterocycles. The Balaban J connectivity index is 1.42. The van der Waals surface area contributed by atoms with E-state index in [1.54, 1.807) is 6.07 Å². The van der Waals surface area contributed by atoms with E-state index in [1.807, 2.05) is 48.1 Å². The number of hydrogen-bond acceptors (Lipinski definition) is 6. The van der Waals surface area contributed by atoms with Gasteiger partial charge in [-0.1, -0.05) is 24.0 Å². The molecule has 0 aliphatic rings. The smallest absolute Gasteiger partial charge is 0.151 e. The van der Waals surface area contributed by atoms with Crippen LogP contribution in [0.5, 0.6) is 0 Å². The van der Waals surface area contributed by atoms with Crippen LogP contribution in [0.15, 0.2) is 61.1 Å². The number of nitrogens with zero attached hydrogens (tertiary/aromatic N) is 4. The van der Waals surface area contributed by atoms with Gasteiger partial charge in [0.1, 0.15) is 12.1 Å². The van der Waals surface area contributed by atoms with Gasteiger partial charge in [0.25, 0.3) is 0 Å². The number of rotatable bonds is 4. The van der Waals surface area contributed by atoms with Crippen LogP contribution in [0.2, 0.25) is 0 Å². The summed E-state index contributed by atoms with van der Waals surface area (Å²) in [4.78, 5) is 9.67. The molecule has 1 atom stereocenters. The lowest BCUT2D eigenvalue weighted by atomic mass is 10.2. The van der Waals surface area contributed by atoms with Crippen LogP contribution in [-0.2, 0) is 6.54 Å². The Morgan fingerprint density at radius 3 is 2.94 bits per heavy atom. The second-order valence-corrected chi connectivity index (χ2v) is 8.49. The average Bonchev–Trinajstić information content (AvgIpc) is 3.37. The van der Waals surface area contributed by atoms with E-state index in [4.69, 9.17) is 5.73 Å². The van der Waals surface area contributed by atoms with Crippen molar-refractivity contribution in [3.63, 3.8) is 0 Å². The van der Waals surface area contributed by atoms with Crippen LogP contribution >= 0.6 is 11.3 Å². The molecule has 0 saturated carbocycles. The second-order valence-electron chi connectivity index (χ2n) is 7.44. The van der Waals surface area contributed by atoms with Crippen molar-refractivity contribution in [2.45, 2.75) is 19.5 Å². The summed E-state index contributed by atoms with van der Waals surface area (Å²) in [5.74, 6) is 6.54. The lowest BCUT2D eigenvalue weighted by molar-refractivity contribution is 0.621. The van der Waals surface area contributed by atoms with Gasteiger partial charge in [0.15, 0.2) is 5.82 Å². The fraction of sp³-hybridized carbons (Fsp3) is 0.125. The van der Waals surface area contributed by atoms with E-state index in [9.17, 15) is 4.39 Å². The zero-order valence-electron chi connectivity index (χ0n) is 17.2. The largest absolute Gasteiger partial charge is 0.339 e. The molecule has 0 aliphatic carbocycles. The van der Waals surface area contributed by atoms with Crippen LogP contribution in [-0.4, -0.2) is 25.8 Å². The van der Waals surface area contributed by atoms with Gasteiger partial charge in [-0.2, -0.15) is 5.10 Å². The number of nitrogens with two attached hydrogens (primary N) is 1. The van der Waals surface area contributed by atoms with Gasteiger partial charge in [0, 0.05) is 11.1 Å². The minimum atomic E-state index is -0.248. The Bertz CT molecular complexity index is 1490. The van der Waals surface area contributed by atoms with E-state index in [0.717, 1.165) is 43.1 Å². The Morgan fingerprint density at radius 1 is 1.19 bits per heavy atom. The molecule has 3 N–H and O–H groups in total. The predicted octanol–water partition coefficient (Wildman–Crippen LogP) is 4.67. The molecule has 6 nitrogen and oxygen atoms in total. The van der Waals surface area contributed by atoms with Crippen LogP contribution in [0.3, 0.4) is 0 Å². The van der Waals surface area contributed by atoms with Crippen molar-refractivity contribution in [2.75, 3.05) is 5.32 Å². The lowest BCUT2D eigenvalue weighted by Gasteiger charge is -2.07. The van der Waals surface area contributed by atoms with Crippen molar-refractivity contribution in [2.24, 2.45) is 5.73 Å². The fourth-order valence-corrected chi connectivity index (χ4v) is 4.34. The van der Waals surface area contributed by atoms with Gasteiger partial charge in [-0.25, -0.2) is 14.4 Å². The maximum atomic E-state index is 13.5. The highest BCUT2D eigenvalue weighted by molar-refractivity contribution is 7.20. The molecule has 0 fully saturated rings. The Kier molecular flexibility index (Phi) is 5.27.